The zero-order valence-corrected chi connectivity index (χ0v) is 13.5. The number of anilines is 1. The topological polar surface area (TPSA) is 32.3 Å². The highest BCUT2D eigenvalue weighted by Gasteiger charge is 2.26. The van der Waals surface area contributed by atoms with E-state index < -0.39 is 0 Å². The maximum absolute atomic E-state index is 13.3. The summed E-state index contributed by atoms with van der Waals surface area (Å²) in [4.78, 5) is 14.3. The lowest BCUT2D eigenvalue weighted by Gasteiger charge is -2.24. The van der Waals surface area contributed by atoms with Gasteiger partial charge in [0, 0.05) is 11.7 Å². The van der Waals surface area contributed by atoms with Gasteiger partial charge in [0.05, 0.1) is 6.54 Å². The van der Waals surface area contributed by atoms with Gasteiger partial charge in [-0.15, -0.1) is 0 Å². The quantitative estimate of drug-likeness (QED) is 0.934. The smallest absolute Gasteiger partial charge is 0.238 e. The summed E-state index contributed by atoms with van der Waals surface area (Å²) in [6, 6.07) is 13.1. The fourth-order valence-electron chi connectivity index (χ4n) is 3.25. The van der Waals surface area contributed by atoms with E-state index in [1.165, 1.54) is 23.3 Å². The molecule has 1 amide bonds. The lowest BCUT2D eigenvalue weighted by atomic mass is 10.1. The van der Waals surface area contributed by atoms with Crippen molar-refractivity contribution in [2.24, 2.45) is 0 Å². The first-order chi connectivity index (χ1) is 11.0. The average molecular weight is 312 g/mol. The van der Waals surface area contributed by atoms with Crippen LogP contribution in [0.3, 0.4) is 0 Å². The molecule has 0 saturated carbocycles. The molecule has 120 valence electrons. The Labute approximate surface area is 136 Å². The molecule has 3 rings (SSSR count). The molecule has 0 radical (unpaired) electrons. The Balaban J connectivity index is 1.65. The summed E-state index contributed by atoms with van der Waals surface area (Å²) < 4.78 is 13.3. The van der Waals surface area contributed by atoms with E-state index in [2.05, 4.69) is 28.4 Å². The number of carbonyl (C=O) groups is 1. The molecule has 1 N–H and O–H groups in total. The first kappa shape index (κ1) is 15.7. The van der Waals surface area contributed by atoms with Gasteiger partial charge in [0.1, 0.15) is 5.82 Å². The van der Waals surface area contributed by atoms with E-state index in [0.717, 1.165) is 18.4 Å². The maximum atomic E-state index is 13.3. The van der Waals surface area contributed by atoms with E-state index in [1.54, 1.807) is 6.07 Å². The second-order valence-electron chi connectivity index (χ2n) is 6.18. The molecule has 23 heavy (non-hydrogen) atoms. The highest BCUT2D eigenvalue weighted by molar-refractivity contribution is 5.93. The molecule has 0 heterocycles. The summed E-state index contributed by atoms with van der Waals surface area (Å²) in [7, 11) is 1.96. The van der Waals surface area contributed by atoms with Crippen LogP contribution in [0.15, 0.2) is 42.5 Å². The normalized spacial score (nSPS) is 16.4. The molecule has 1 aliphatic carbocycles. The SMILES string of the molecule is Cc1ccc(F)cc1NC(=O)CN(C)C1CCc2ccccc21. The molecule has 4 heteroatoms. The number of rotatable bonds is 4. The monoisotopic (exact) mass is 312 g/mol. The van der Waals surface area contributed by atoms with Crippen LogP contribution in [0.1, 0.15) is 29.2 Å². The third kappa shape index (κ3) is 3.42. The largest absolute Gasteiger partial charge is 0.325 e. The van der Waals surface area contributed by atoms with Crippen molar-refractivity contribution in [3.05, 3.63) is 65.0 Å². The van der Waals surface area contributed by atoms with Gasteiger partial charge in [-0.1, -0.05) is 30.3 Å². The van der Waals surface area contributed by atoms with E-state index in [0.29, 0.717) is 5.69 Å². The van der Waals surface area contributed by atoms with Crippen LogP contribution in [0.5, 0.6) is 0 Å². The van der Waals surface area contributed by atoms with Crippen LogP contribution in [-0.4, -0.2) is 24.4 Å². The molecular weight excluding hydrogens is 291 g/mol. The van der Waals surface area contributed by atoms with Crippen molar-refractivity contribution in [1.82, 2.24) is 4.90 Å². The van der Waals surface area contributed by atoms with Crippen molar-refractivity contribution < 1.29 is 9.18 Å². The van der Waals surface area contributed by atoms with Crippen LogP contribution in [-0.2, 0) is 11.2 Å². The van der Waals surface area contributed by atoms with Gasteiger partial charge in [-0.3, -0.25) is 9.69 Å². The number of halogens is 1. The van der Waals surface area contributed by atoms with Crippen LogP contribution < -0.4 is 5.32 Å². The molecule has 0 bridgehead atoms. The molecule has 1 aliphatic rings. The minimum Gasteiger partial charge on any atom is -0.325 e. The van der Waals surface area contributed by atoms with Gasteiger partial charge in [0.2, 0.25) is 5.91 Å². The summed E-state index contributed by atoms with van der Waals surface area (Å²) in [6.45, 7) is 2.14. The summed E-state index contributed by atoms with van der Waals surface area (Å²) in [5.74, 6) is -0.463. The Kier molecular flexibility index (Phi) is 4.44. The molecule has 0 aliphatic heterocycles. The van der Waals surface area contributed by atoms with Crippen LogP contribution in [0.2, 0.25) is 0 Å². The Morgan fingerprint density at radius 1 is 1.30 bits per heavy atom. The van der Waals surface area contributed by atoms with Crippen molar-refractivity contribution in [3.8, 4) is 0 Å². The van der Waals surface area contributed by atoms with E-state index in [-0.39, 0.29) is 24.3 Å². The first-order valence-electron chi connectivity index (χ1n) is 7.88. The molecule has 0 spiro atoms. The third-order valence-corrected chi connectivity index (χ3v) is 4.50. The van der Waals surface area contributed by atoms with Crippen molar-refractivity contribution in [2.75, 3.05) is 18.9 Å². The molecule has 3 nitrogen and oxygen atoms in total. The number of carbonyl (C=O) groups excluding carboxylic acids is 1. The summed E-state index contributed by atoms with van der Waals surface area (Å²) in [6.07, 6.45) is 2.08. The average Bonchev–Trinajstić information content (AvgIpc) is 2.95. The standard InChI is InChI=1S/C19H21FN2O/c1-13-7-9-15(20)11-17(13)21-19(23)12-22(2)18-10-8-14-5-3-4-6-16(14)18/h3-7,9,11,18H,8,10,12H2,1-2H3,(H,21,23). The molecule has 0 fully saturated rings. The maximum Gasteiger partial charge on any atom is 0.238 e. The third-order valence-electron chi connectivity index (χ3n) is 4.50. The molecule has 1 atom stereocenters. The van der Waals surface area contributed by atoms with Gasteiger partial charge >= 0.3 is 0 Å². The van der Waals surface area contributed by atoms with Crippen molar-refractivity contribution in [3.63, 3.8) is 0 Å². The number of hydrogen-bond acceptors (Lipinski definition) is 2. The number of nitrogens with one attached hydrogen (secondary N) is 1. The van der Waals surface area contributed by atoms with Crippen LogP contribution in [0, 0.1) is 12.7 Å². The predicted molar refractivity (Wildman–Crippen MR) is 89.9 cm³/mol. The lowest BCUT2D eigenvalue weighted by Crippen LogP contribution is -2.32. The second kappa shape index (κ2) is 6.50. The van der Waals surface area contributed by atoms with E-state index >= 15 is 0 Å². The number of nitrogens with zero attached hydrogens (tertiary/aromatic N) is 1. The zero-order chi connectivity index (χ0) is 16.4. The minimum atomic E-state index is -0.344. The summed E-state index contributed by atoms with van der Waals surface area (Å²) >= 11 is 0. The van der Waals surface area contributed by atoms with Gasteiger partial charge in [-0.05, 0) is 55.6 Å². The first-order valence-corrected chi connectivity index (χ1v) is 7.88. The van der Waals surface area contributed by atoms with Crippen LogP contribution in [0.4, 0.5) is 10.1 Å². The van der Waals surface area contributed by atoms with E-state index in [1.807, 2.05) is 20.0 Å². The Hall–Kier alpha value is -2.20. The van der Waals surface area contributed by atoms with E-state index in [4.69, 9.17) is 0 Å². The summed E-state index contributed by atoms with van der Waals surface area (Å²) in [5, 5.41) is 2.81. The Bertz CT molecular complexity index is 729. The van der Waals surface area contributed by atoms with Gasteiger partial charge in [0.25, 0.3) is 0 Å². The second-order valence-corrected chi connectivity index (χ2v) is 6.18. The molecule has 0 saturated heterocycles. The lowest BCUT2D eigenvalue weighted by molar-refractivity contribution is -0.117. The fourth-order valence-corrected chi connectivity index (χ4v) is 3.25. The number of aryl methyl sites for hydroxylation is 2. The Morgan fingerprint density at radius 2 is 2.09 bits per heavy atom. The van der Waals surface area contributed by atoms with Crippen LogP contribution >= 0.6 is 0 Å². The van der Waals surface area contributed by atoms with E-state index in [9.17, 15) is 9.18 Å². The van der Waals surface area contributed by atoms with Crippen molar-refractivity contribution in [1.29, 1.82) is 0 Å². The fraction of sp³-hybridized carbons (Fsp3) is 0.316. The number of hydrogen-bond donors (Lipinski definition) is 1. The molecule has 2 aromatic carbocycles. The summed E-state index contributed by atoms with van der Waals surface area (Å²) in [5.41, 5.74) is 4.07. The Morgan fingerprint density at radius 3 is 2.91 bits per heavy atom. The number of benzene rings is 2. The van der Waals surface area contributed by atoms with Crippen molar-refractivity contribution in [2.45, 2.75) is 25.8 Å². The van der Waals surface area contributed by atoms with Gasteiger partial charge < -0.3 is 5.32 Å². The number of amides is 1. The number of likely N-dealkylation sites (N-methyl/N-ethyl adjacent to an activating group) is 1. The van der Waals surface area contributed by atoms with Gasteiger partial charge in [-0.25, -0.2) is 4.39 Å². The predicted octanol–water partition coefficient (Wildman–Crippen LogP) is 3.69. The van der Waals surface area contributed by atoms with Crippen LogP contribution in [0.25, 0.3) is 0 Å². The highest BCUT2D eigenvalue weighted by atomic mass is 19.1. The molecule has 2 aromatic rings. The highest BCUT2D eigenvalue weighted by Crippen LogP contribution is 2.34. The zero-order valence-electron chi connectivity index (χ0n) is 13.5. The van der Waals surface area contributed by atoms with Crippen molar-refractivity contribution >= 4 is 11.6 Å². The molecular formula is C19H21FN2O. The number of fused-ring (bicyclic) bond motifs is 1. The molecule has 1 unspecified atom stereocenters. The van der Waals surface area contributed by atoms with Gasteiger partial charge in [0.15, 0.2) is 0 Å². The molecule has 0 aromatic heterocycles. The van der Waals surface area contributed by atoms with Gasteiger partial charge in [-0.2, -0.15) is 0 Å². The minimum absolute atomic E-state index is 0.120.